The molecule has 0 saturated heterocycles. The lowest BCUT2D eigenvalue weighted by Gasteiger charge is -1.87. The molecule has 0 aromatic carbocycles. The molecule has 1 aliphatic rings. The highest BCUT2D eigenvalue weighted by Crippen LogP contribution is 2.12. The Morgan fingerprint density at radius 2 is 2.38 bits per heavy atom. The molecule has 0 spiro atoms. The Morgan fingerprint density at radius 1 is 1.50 bits per heavy atom. The largest absolute Gasteiger partial charge is 0.212 e. The van der Waals surface area contributed by atoms with Crippen LogP contribution in [0.1, 0.15) is 19.3 Å². The van der Waals surface area contributed by atoms with Crippen molar-refractivity contribution in [2.45, 2.75) is 19.3 Å². The highest BCUT2D eigenvalue weighted by molar-refractivity contribution is 5.09. The molecule has 44 valence electrons. The first-order valence-corrected chi connectivity index (χ1v) is 2.91. The summed E-state index contributed by atoms with van der Waals surface area (Å²) < 4.78 is 12.3. The van der Waals surface area contributed by atoms with Crippen molar-refractivity contribution in [3.63, 3.8) is 0 Å². The Balaban J connectivity index is 2.52. The first kappa shape index (κ1) is 5.54. The topological polar surface area (TPSA) is 0 Å². The summed E-state index contributed by atoms with van der Waals surface area (Å²) in [6, 6.07) is 0. The average molecular weight is 112 g/mol. The molecule has 0 fully saturated rings. The molecular formula is C7H9F. The second kappa shape index (κ2) is 2.65. The van der Waals surface area contributed by atoms with Gasteiger partial charge in [0.2, 0.25) is 0 Å². The summed E-state index contributed by atoms with van der Waals surface area (Å²) in [7, 11) is 0. The van der Waals surface area contributed by atoms with E-state index in [1.165, 1.54) is 6.08 Å². The van der Waals surface area contributed by atoms with Gasteiger partial charge in [0.15, 0.2) is 0 Å². The van der Waals surface area contributed by atoms with E-state index >= 15 is 0 Å². The maximum atomic E-state index is 12.3. The van der Waals surface area contributed by atoms with E-state index in [-0.39, 0.29) is 5.83 Å². The van der Waals surface area contributed by atoms with E-state index < -0.39 is 0 Å². The van der Waals surface area contributed by atoms with Crippen molar-refractivity contribution in [2.75, 3.05) is 0 Å². The molecule has 0 radical (unpaired) electrons. The van der Waals surface area contributed by atoms with Gasteiger partial charge in [0.05, 0.1) is 5.83 Å². The third kappa shape index (κ3) is 1.49. The van der Waals surface area contributed by atoms with Gasteiger partial charge in [0, 0.05) is 0 Å². The lowest BCUT2D eigenvalue weighted by Crippen LogP contribution is -1.70. The fourth-order valence-corrected chi connectivity index (χ4v) is 0.741. The van der Waals surface area contributed by atoms with Crippen LogP contribution < -0.4 is 0 Å². The summed E-state index contributed by atoms with van der Waals surface area (Å²) in [4.78, 5) is 0. The van der Waals surface area contributed by atoms with Gasteiger partial charge in [0.1, 0.15) is 0 Å². The third-order valence-corrected chi connectivity index (χ3v) is 1.20. The predicted molar refractivity (Wildman–Crippen MR) is 32.2 cm³/mol. The molecule has 0 atom stereocenters. The van der Waals surface area contributed by atoms with E-state index in [4.69, 9.17) is 0 Å². The molecule has 0 nitrogen and oxygen atoms in total. The van der Waals surface area contributed by atoms with Crippen LogP contribution in [0.25, 0.3) is 0 Å². The zero-order valence-corrected chi connectivity index (χ0v) is 4.73. The molecule has 0 aromatic rings. The maximum Gasteiger partial charge on any atom is 0.0999 e. The van der Waals surface area contributed by atoms with Crippen molar-refractivity contribution in [1.29, 1.82) is 0 Å². The number of hydrogen-bond donors (Lipinski definition) is 0. The predicted octanol–water partition coefficient (Wildman–Crippen LogP) is 2.58. The Kier molecular flexibility index (Phi) is 1.84. The van der Waals surface area contributed by atoms with Crippen LogP contribution in [0.5, 0.6) is 0 Å². The molecule has 0 amide bonds. The Labute approximate surface area is 48.7 Å². The summed E-state index contributed by atoms with van der Waals surface area (Å²) in [5.41, 5.74) is 0. The number of allylic oxidation sites excluding steroid dienone is 4. The van der Waals surface area contributed by atoms with Crippen molar-refractivity contribution in [3.05, 3.63) is 24.1 Å². The summed E-state index contributed by atoms with van der Waals surface area (Å²) in [6.07, 6.45) is 7.90. The quantitative estimate of drug-likeness (QED) is 0.451. The number of hydrogen-bond acceptors (Lipinski definition) is 0. The molecule has 0 N–H and O–H groups in total. The van der Waals surface area contributed by atoms with Crippen molar-refractivity contribution in [1.82, 2.24) is 0 Å². The second-order valence-corrected chi connectivity index (χ2v) is 1.93. The van der Waals surface area contributed by atoms with E-state index in [1.54, 1.807) is 6.08 Å². The lowest BCUT2D eigenvalue weighted by atomic mass is 10.2. The van der Waals surface area contributed by atoms with Crippen LogP contribution in [0.2, 0.25) is 0 Å². The van der Waals surface area contributed by atoms with Crippen LogP contribution in [0, 0.1) is 0 Å². The molecule has 1 heteroatoms. The number of halogens is 1. The summed E-state index contributed by atoms with van der Waals surface area (Å²) in [6.45, 7) is 0. The van der Waals surface area contributed by atoms with E-state index in [0.29, 0.717) is 6.42 Å². The number of rotatable bonds is 0. The summed E-state index contributed by atoms with van der Waals surface area (Å²) in [5, 5.41) is 0. The van der Waals surface area contributed by atoms with Crippen molar-refractivity contribution in [3.8, 4) is 0 Å². The van der Waals surface area contributed by atoms with Crippen LogP contribution >= 0.6 is 0 Å². The average Bonchev–Trinajstić information content (AvgIpc) is 1.94. The van der Waals surface area contributed by atoms with E-state index in [1.807, 2.05) is 6.08 Å². The van der Waals surface area contributed by atoms with Gasteiger partial charge in [-0.3, -0.25) is 0 Å². The van der Waals surface area contributed by atoms with Gasteiger partial charge in [-0.1, -0.05) is 12.2 Å². The maximum absolute atomic E-state index is 12.3. The van der Waals surface area contributed by atoms with Gasteiger partial charge < -0.3 is 0 Å². The summed E-state index contributed by atoms with van der Waals surface area (Å²) in [5.74, 6) is 0.0127. The van der Waals surface area contributed by atoms with Crippen LogP contribution in [0.4, 0.5) is 4.39 Å². The van der Waals surface area contributed by atoms with Crippen molar-refractivity contribution >= 4 is 0 Å². The third-order valence-electron chi connectivity index (χ3n) is 1.20. The Morgan fingerprint density at radius 3 is 3.25 bits per heavy atom. The SMILES string of the molecule is FC1=CC=CCCC1. The molecule has 1 rings (SSSR count). The minimum absolute atomic E-state index is 0.0127. The lowest BCUT2D eigenvalue weighted by molar-refractivity contribution is 0.579. The normalized spacial score (nSPS) is 19.9. The smallest absolute Gasteiger partial charge is 0.0999 e. The van der Waals surface area contributed by atoms with E-state index in [0.717, 1.165) is 12.8 Å². The van der Waals surface area contributed by atoms with Gasteiger partial charge in [-0.25, -0.2) is 4.39 Å². The van der Waals surface area contributed by atoms with Crippen molar-refractivity contribution < 1.29 is 4.39 Å². The molecule has 8 heavy (non-hydrogen) atoms. The molecular weight excluding hydrogens is 103 g/mol. The zero-order chi connectivity index (χ0) is 5.82. The van der Waals surface area contributed by atoms with Gasteiger partial charge in [-0.2, -0.15) is 0 Å². The van der Waals surface area contributed by atoms with Gasteiger partial charge in [-0.15, -0.1) is 0 Å². The molecule has 0 bridgehead atoms. The van der Waals surface area contributed by atoms with Gasteiger partial charge in [0.25, 0.3) is 0 Å². The molecule has 0 unspecified atom stereocenters. The molecule has 0 aromatic heterocycles. The Bertz CT molecular complexity index is 122. The monoisotopic (exact) mass is 112 g/mol. The second-order valence-electron chi connectivity index (χ2n) is 1.93. The fourth-order valence-electron chi connectivity index (χ4n) is 0.741. The molecule has 1 aliphatic carbocycles. The van der Waals surface area contributed by atoms with Crippen LogP contribution in [-0.2, 0) is 0 Å². The van der Waals surface area contributed by atoms with Crippen molar-refractivity contribution in [2.24, 2.45) is 0 Å². The molecule has 0 heterocycles. The first-order chi connectivity index (χ1) is 3.89. The minimum Gasteiger partial charge on any atom is -0.212 e. The Hall–Kier alpha value is -0.590. The molecule has 0 aliphatic heterocycles. The van der Waals surface area contributed by atoms with Gasteiger partial charge in [-0.05, 0) is 25.3 Å². The first-order valence-electron chi connectivity index (χ1n) is 2.91. The van der Waals surface area contributed by atoms with Crippen LogP contribution in [0.15, 0.2) is 24.1 Å². The van der Waals surface area contributed by atoms with E-state index in [2.05, 4.69) is 0 Å². The van der Waals surface area contributed by atoms with Crippen LogP contribution in [0.3, 0.4) is 0 Å². The molecule has 0 saturated carbocycles. The minimum atomic E-state index is 0.0127. The summed E-state index contributed by atoms with van der Waals surface area (Å²) >= 11 is 0. The zero-order valence-electron chi connectivity index (χ0n) is 4.73. The van der Waals surface area contributed by atoms with E-state index in [9.17, 15) is 4.39 Å². The standard InChI is InChI=1S/C7H9F/c8-7-5-3-1-2-4-6-7/h1,3,5H,2,4,6H2. The van der Waals surface area contributed by atoms with Gasteiger partial charge >= 0.3 is 0 Å². The van der Waals surface area contributed by atoms with Crippen LogP contribution in [-0.4, -0.2) is 0 Å². The highest BCUT2D eigenvalue weighted by Gasteiger charge is 1.94. The highest BCUT2D eigenvalue weighted by atomic mass is 19.1. The fraction of sp³-hybridized carbons (Fsp3) is 0.429.